The summed E-state index contributed by atoms with van der Waals surface area (Å²) in [4.78, 5) is 0. The van der Waals surface area contributed by atoms with Crippen LogP contribution in [0.15, 0.2) is 52.2 Å². The summed E-state index contributed by atoms with van der Waals surface area (Å²) < 4.78 is 19.0. The average molecular weight is 385 g/mol. The molecule has 1 aliphatic heterocycles. The van der Waals surface area contributed by atoms with Gasteiger partial charge in [-0.3, -0.25) is 4.57 Å². The monoisotopic (exact) mass is 385 g/mol. The third-order valence-electron chi connectivity index (χ3n) is 4.45. The fraction of sp³-hybridized carbons (Fsp3) is 0.400. The van der Waals surface area contributed by atoms with Gasteiger partial charge in [0.15, 0.2) is 10.9 Å². The minimum Gasteiger partial charge on any atom is -0.494 e. The molecule has 0 radical (unpaired) electrons. The molecule has 2 aromatic heterocycles. The number of thioether (sulfide) groups is 1. The summed E-state index contributed by atoms with van der Waals surface area (Å²) >= 11 is 1.67. The molecule has 7 heteroatoms. The second-order valence-electron chi connectivity index (χ2n) is 6.35. The van der Waals surface area contributed by atoms with Crippen molar-refractivity contribution in [1.29, 1.82) is 0 Å². The van der Waals surface area contributed by atoms with Gasteiger partial charge >= 0.3 is 0 Å². The highest BCUT2D eigenvalue weighted by Gasteiger charge is 2.20. The van der Waals surface area contributed by atoms with Crippen molar-refractivity contribution in [3.8, 4) is 23.0 Å². The van der Waals surface area contributed by atoms with E-state index in [2.05, 4.69) is 10.2 Å². The third-order valence-corrected chi connectivity index (χ3v) is 5.51. The van der Waals surface area contributed by atoms with Gasteiger partial charge in [0, 0.05) is 12.4 Å². The third kappa shape index (κ3) is 4.20. The molecule has 0 aliphatic carbocycles. The quantitative estimate of drug-likeness (QED) is 0.555. The van der Waals surface area contributed by atoms with Crippen LogP contribution in [0.3, 0.4) is 0 Å². The predicted octanol–water partition coefficient (Wildman–Crippen LogP) is 4.59. The van der Waals surface area contributed by atoms with Crippen LogP contribution >= 0.6 is 11.8 Å². The number of ether oxygens (including phenoxy) is 2. The Balaban J connectivity index is 1.62. The normalized spacial score (nSPS) is 17.1. The van der Waals surface area contributed by atoms with Crippen LogP contribution in [0, 0.1) is 0 Å². The van der Waals surface area contributed by atoms with Gasteiger partial charge in [-0.15, -0.1) is 10.2 Å². The lowest BCUT2D eigenvalue weighted by molar-refractivity contribution is 0.0315. The molecule has 1 atom stereocenters. The van der Waals surface area contributed by atoms with Crippen molar-refractivity contribution in [2.24, 2.45) is 0 Å². The molecule has 0 unspecified atom stereocenters. The molecule has 0 saturated carbocycles. The number of nitrogens with zero attached hydrogens (tertiary/aromatic N) is 3. The Morgan fingerprint density at radius 2 is 2.07 bits per heavy atom. The van der Waals surface area contributed by atoms with E-state index in [4.69, 9.17) is 13.9 Å². The minimum atomic E-state index is 0.279. The van der Waals surface area contributed by atoms with Crippen molar-refractivity contribution in [3.63, 3.8) is 0 Å². The number of furan rings is 1. The van der Waals surface area contributed by atoms with Gasteiger partial charge in [-0.2, -0.15) is 0 Å². The van der Waals surface area contributed by atoms with E-state index in [0.717, 1.165) is 41.8 Å². The van der Waals surface area contributed by atoms with Gasteiger partial charge < -0.3 is 13.9 Å². The first kappa shape index (κ1) is 18.1. The first-order chi connectivity index (χ1) is 13.3. The lowest BCUT2D eigenvalue weighted by atomic mass is 10.1. The Bertz CT molecular complexity index is 840. The van der Waals surface area contributed by atoms with Crippen molar-refractivity contribution in [2.75, 3.05) is 19.0 Å². The average Bonchev–Trinajstić information content (AvgIpc) is 3.38. The molecule has 4 rings (SSSR count). The van der Waals surface area contributed by atoms with Crippen LogP contribution in [0.2, 0.25) is 0 Å². The molecule has 1 aromatic carbocycles. The molecular formula is C20H23N3O3S. The summed E-state index contributed by atoms with van der Waals surface area (Å²) in [6.07, 6.45) is 5.42. The first-order valence-electron chi connectivity index (χ1n) is 9.32. The second kappa shape index (κ2) is 8.63. The van der Waals surface area contributed by atoms with Gasteiger partial charge in [0.2, 0.25) is 5.82 Å². The van der Waals surface area contributed by atoms with Crippen molar-refractivity contribution in [1.82, 2.24) is 14.8 Å². The lowest BCUT2D eigenvalue weighted by Gasteiger charge is -2.21. The van der Waals surface area contributed by atoms with Crippen LogP contribution in [0.4, 0.5) is 0 Å². The first-order valence-corrected chi connectivity index (χ1v) is 10.3. The predicted molar refractivity (Wildman–Crippen MR) is 105 cm³/mol. The van der Waals surface area contributed by atoms with Crippen LogP contribution in [-0.4, -0.2) is 39.8 Å². The van der Waals surface area contributed by atoms with E-state index in [0.29, 0.717) is 18.2 Å². The molecule has 3 heterocycles. The molecule has 0 amide bonds. The van der Waals surface area contributed by atoms with Crippen LogP contribution in [0.25, 0.3) is 17.3 Å². The van der Waals surface area contributed by atoms with Gasteiger partial charge in [-0.1, -0.05) is 11.8 Å². The minimum absolute atomic E-state index is 0.279. The molecule has 1 fully saturated rings. The van der Waals surface area contributed by atoms with Gasteiger partial charge in [0.05, 0.1) is 24.7 Å². The molecule has 27 heavy (non-hydrogen) atoms. The molecule has 6 nitrogen and oxygen atoms in total. The fourth-order valence-corrected chi connectivity index (χ4v) is 4.14. The molecule has 142 valence electrons. The summed E-state index contributed by atoms with van der Waals surface area (Å²) in [7, 11) is 0. The highest BCUT2D eigenvalue weighted by molar-refractivity contribution is 7.99. The largest absolute Gasteiger partial charge is 0.494 e. The fourth-order valence-electron chi connectivity index (χ4n) is 3.13. The summed E-state index contributed by atoms with van der Waals surface area (Å²) in [5.74, 6) is 3.10. The van der Waals surface area contributed by atoms with Crippen LogP contribution < -0.4 is 4.74 Å². The van der Waals surface area contributed by atoms with Gasteiger partial charge in [-0.05, 0) is 62.6 Å². The van der Waals surface area contributed by atoms with Crippen LogP contribution in [0.1, 0.15) is 26.2 Å². The Morgan fingerprint density at radius 3 is 2.78 bits per heavy atom. The number of hydrogen-bond acceptors (Lipinski definition) is 6. The van der Waals surface area contributed by atoms with Crippen LogP contribution in [-0.2, 0) is 4.74 Å². The highest BCUT2D eigenvalue weighted by Crippen LogP contribution is 2.30. The van der Waals surface area contributed by atoms with E-state index >= 15 is 0 Å². The second-order valence-corrected chi connectivity index (χ2v) is 7.33. The maximum absolute atomic E-state index is 5.85. The van der Waals surface area contributed by atoms with Crippen molar-refractivity contribution >= 4 is 11.8 Å². The van der Waals surface area contributed by atoms with E-state index in [-0.39, 0.29) is 6.10 Å². The maximum Gasteiger partial charge on any atom is 0.205 e. The number of hydrogen-bond donors (Lipinski definition) is 0. The lowest BCUT2D eigenvalue weighted by Crippen LogP contribution is -2.21. The molecule has 1 aliphatic rings. The van der Waals surface area contributed by atoms with E-state index in [1.807, 2.05) is 47.9 Å². The van der Waals surface area contributed by atoms with E-state index < -0.39 is 0 Å². The maximum atomic E-state index is 5.85. The Morgan fingerprint density at radius 1 is 1.19 bits per heavy atom. The summed E-state index contributed by atoms with van der Waals surface area (Å²) in [6.45, 7) is 3.48. The number of benzene rings is 1. The highest BCUT2D eigenvalue weighted by atomic mass is 32.2. The summed E-state index contributed by atoms with van der Waals surface area (Å²) in [5.41, 5.74) is 0.974. The molecule has 3 aromatic rings. The van der Waals surface area contributed by atoms with Crippen molar-refractivity contribution in [2.45, 2.75) is 37.4 Å². The van der Waals surface area contributed by atoms with Crippen molar-refractivity contribution in [3.05, 3.63) is 42.7 Å². The SMILES string of the molecule is CCOc1ccc(-n2c(SC[C@H]3CCCCO3)nnc2-c2ccco2)cc1. The summed E-state index contributed by atoms with van der Waals surface area (Å²) in [5, 5.41) is 9.64. The Labute approximate surface area is 162 Å². The topological polar surface area (TPSA) is 62.3 Å². The molecular weight excluding hydrogens is 362 g/mol. The zero-order valence-electron chi connectivity index (χ0n) is 15.3. The van der Waals surface area contributed by atoms with Crippen LogP contribution in [0.5, 0.6) is 5.75 Å². The number of rotatable bonds is 7. The van der Waals surface area contributed by atoms with Gasteiger partial charge in [-0.25, -0.2) is 0 Å². The zero-order chi connectivity index (χ0) is 18.5. The molecule has 0 N–H and O–H groups in total. The van der Waals surface area contributed by atoms with E-state index in [1.54, 1.807) is 18.0 Å². The standard InChI is InChI=1S/C20H23N3O3S/c1-2-24-16-10-8-15(9-11-16)23-19(18-7-5-13-26-18)21-22-20(23)27-14-17-6-3-4-12-25-17/h5,7-11,13,17H,2-4,6,12,14H2,1H3/t17-/m1/s1. The van der Waals surface area contributed by atoms with Crippen molar-refractivity contribution < 1.29 is 13.9 Å². The Kier molecular flexibility index (Phi) is 5.79. The van der Waals surface area contributed by atoms with Gasteiger partial charge in [0.25, 0.3) is 0 Å². The van der Waals surface area contributed by atoms with Gasteiger partial charge in [0.1, 0.15) is 5.75 Å². The molecule has 0 spiro atoms. The number of aromatic nitrogens is 3. The summed E-state index contributed by atoms with van der Waals surface area (Å²) in [6, 6.07) is 11.7. The Hall–Kier alpha value is -2.25. The molecule has 0 bridgehead atoms. The molecule has 1 saturated heterocycles. The zero-order valence-corrected chi connectivity index (χ0v) is 16.2. The van der Waals surface area contributed by atoms with E-state index in [1.165, 1.54) is 6.42 Å². The smallest absolute Gasteiger partial charge is 0.205 e. The van der Waals surface area contributed by atoms with E-state index in [9.17, 15) is 0 Å².